The minimum Gasteiger partial charge on any atom is -0.322 e. The smallest absolute Gasteiger partial charge is 0.259 e. The monoisotopic (exact) mass is 353 g/mol. The van der Waals surface area contributed by atoms with Crippen molar-refractivity contribution >= 4 is 23.2 Å². The van der Waals surface area contributed by atoms with Gasteiger partial charge in [-0.05, 0) is 44.0 Å². The van der Waals surface area contributed by atoms with Crippen LogP contribution in [0.1, 0.15) is 32.9 Å². The molecule has 0 aliphatic rings. The third-order valence-corrected chi connectivity index (χ3v) is 4.71. The van der Waals surface area contributed by atoms with Crippen LogP contribution in [0.25, 0.3) is 0 Å². The first-order chi connectivity index (χ1) is 12.0. The van der Waals surface area contributed by atoms with Crippen LogP contribution in [0.3, 0.4) is 0 Å². The standard InChI is InChI=1S/C20H20ClN3O/c1-13-17(21)10-7-11-18(13)22-20(25)19-14(2)23-24(15(19)3)12-16-8-5-4-6-9-16/h4-11H,12H2,1-3H3,(H,22,25). The molecule has 2 aromatic carbocycles. The summed E-state index contributed by atoms with van der Waals surface area (Å²) in [5.74, 6) is -0.167. The van der Waals surface area contributed by atoms with Gasteiger partial charge in [-0.2, -0.15) is 5.10 Å². The minimum absolute atomic E-state index is 0.167. The molecule has 0 aliphatic heterocycles. The summed E-state index contributed by atoms with van der Waals surface area (Å²) in [6.45, 7) is 6.30. The third-order valence-electron chi connectivity index (χ3n) is 4.30. The molecule has 4 nitrogen and oxygen atoms in total. The number of aromatic nitrogens is 2. The van der Waals surface area contributed by atoms with Gasteiger partial charge in [0.05, 0.1) is 17.8 Å². The number of hydrogen-bond acceptors (Lipinski definition) is 2. The molecular formula is C20H20ClN3O. The van der Waals surface area contributed by atoms with Gasteiger partial charge in [0, 0.05) is 16.4 Å². The molecule has 1 amide bonds. The summed E-state index contributed by atoms with van der Waals surface area (Å²) in [6, 6.07) is 15.5. The van der Waals surface area contributed by atoms with Crippen molar-refractivity contribution in [2.45, 2.75) is 27.3 Å². The van der Waals surface area contributed by atoms with Crippen LogP contribution in [0, 0.1) is 20.8 Å². The zero-order chi connectivity index (χ0) is 18.0. The lowest BCUT2D eigenvalue weighted by atomic mass is 10.1. The maximum Gasteiger partial charge on any atom is 0.259 e. The molecule has 0 atom stereocenters. The zero-order valence-corrected chi connectivity index (χ0v) is 15.3. The fourth-order valence-electron chi connectivity index (χ4n) is 2.86. The van der Waals surface area contributed by atoms with E-state index in [1.165, 1.54) is 0 Å². The first-order valence-corrected chi connectivity index (χ1v) is 8.49. The molecule has 3 rings (SSSR count). The maximum atomic E-state index is 12.8. The predicted octanol–water partition coefficient (Wildman–Crippen LogP) is 4.76. The highest BCUT2D eigenvalue weighted by atomic mass is 35.5. The van der Waals surface area contributed by atoms with Gasteiger partial charge in [0.25, 0.3) is 5.91 Å². The van der Waals surface area contributed by atoms with Gasteiger partial charge >= 0.3 is 0 Å². The molecule has 0 saturated heterocycles. The first-order valence-electron chi connectivity index (χ1n) is 8.11. The van der Waals surface area contributed by atoms with Crippen molar-refractivity contribution < 1.29 is 4.79 Å². The molecule has 25 heavy (non-hydrogen) atoms. The van der Waals surface area contributed by atoms with Crippen LogP contribution in [-0.2, 0) is 6.54 Å². The lowest BCUT2D eigenvalue weighted by Crippen LogP contribution is -2.15. The Morgan fingerprint density at radius 1 is 1.08 bits per heavy atom. The van der Waals surface area contributed by atoms with Gasteiger partial charge in [-0.15, -0.1) is 0 Å². The summed E-state index contributed by atoms with van der Waals surface area (Å²) < 4.78 is 1.87. The molecule has 0 bridgehead atoms. The van der Waals surface area contributed by atoms with E-state index in [0.717, 1.165) is 16.8 Å². The van der Waals surface area contributed by atoms with Crippen LogP contribution in [0.2, 0.25) is 5.02 Å². The number of hydrogen-bond donors (Lipinski definition) is 1. The Balaban J connectivity index is 1.87. The fourth-order valence-corrected chi connectivity index (χ4v) is 3.04. The molecule has 0 fully saturated rings. The van der Waals surface area contributed by atoms with Gasteiger partial charge in [-0.3, -0.25) is 9.48 Å². The van der Waals surface area contributed by atoms with E-state index in [1.807, 2.05) is 67.9 Å². The normalized spacial score (nSPS) is 10.7. The molecule has 5 heteroatoms. The van der Waals surface area contributed by atoms with Crippen LogP contribution < -0.4 is 5.32 Å². The number of carbonyl (C=O) groups is 1. The van der Waals surface area contributed by atoms with Gasteiger partial charge in [0.15, 0.2) is 0 Å². The average molecular weight is 354 g/mol. The molecule has 0 radical (unpaired) electrons. The van der Waals surface area contributed by atoms with Crippen molar-refractivity contribution in [3.63, 3.8) is 0 Å². The largest absolute Gasteiger partial charge is 0.322 e. The number of aryl methyl sites for hydroxylation is 1. The van der Waals surface area contributed by atoms with Crippen molar-refractivity contribution in [2.24, 2.45) is 0 Å². The molecule has 1 aromatic heterocycles. The van der Waals surface area contributed by atoms with E-state index < -0.39 is 0 Å². The van der Waals surface area contributed by atoms with Crippen LogP contribution in [0.4, 0.5) is 5.69 Å². The van der Waals surface area contributed by atoms with Crippen molar-refractivity contribution in [3.05, 3.63) is 81.6 Å². The van der Waals surface area contributed by atoms with Crippen molar-refractivity contribution in [3.8, 4) is 0 Å². The summed E-state index contributed by atoms with van der Waals surface area (Å²) in [7, 11) is 0. The number of halogens is 1. The van der Waals surface area contributed by atoms with E-state index in [-0.39, 0.29) is 5.91 Å². The lowest BCUT2D eigenvalue weighted by Gasteiger charge is -2.10. The summed E-state index contributed by atoms with van der Waals surface area (Å²) in [4.78, 5) is 12.8. The Hall–Kier alpha value is -2.59. The van der Waals surface area contributed by atoms with Gasteiger partial charge in [0.2, 0.25) is 0 Å². The highest BCUT2D eigenvalue weighted by Crippen LogP contribution is 2.24. The van der Waals surface area contributed by atoms with Gasteiger partial charge in [-0.1, -0.05) is 48.0 Å². The molecular weight excluding hydrogens is 334 g/mol. The van der Waals surface area contributed by atoms with E-state index in [1.54, 1.807) is 6.07 Å². The van der Waals surface area contributed by atoms with E-state index >= 15 is 0 Å². The number of amides is 1. The van der Waals surface area contributed by atoms with Crippen molar-refractivity contribution in [1.29, 1.82) is 0 Å². The molecule has 1 heterocycles. The van der Waals surface area contributed by atoms with Crippen molar-refractivity contribution in [2.75, 3.05) is 5.32 Å². The fraction of sp³-hybridized carbons (Fsp3) is 0.200. The molecule has 128 valence electrons. The van der Waals surface area contributed by atoms with Gasteiger partial charge in [-0.25, -0.2) is 0 Å². The van der Waals surface area contributed by atoms with Gasteiger partial charge < -0.3 is 5.32 Å². The van der Waals surface area contributed by atoms with E-state index in [2.05, 4.69) is 10.4 Å². The third kappa shape index (κ3) is 3.59. The van der Waals surface area contributed by atoms with Crippen LogP contribution >= 0.6 is 11.6 Å². The SMILES string of the molecule is Cc1nn(Cc2ccccc2)c(C)c1C(=O)Nc1cccc(Cl)c1C. The minimum atomic E-state index is -0.167. The average Bonchev–Trinajstić information content (AvgIpc) is 2.86. The molecule has 0 unspecified atom stereocenters. The molecule has 0 aliphatic carbocycles. The summed E-state index contributed by atoms with van der Waals surface area (Å²) in [6.07, 6.45) is 0. The Morgan fingerprint density at radius 2 is 1.80 bits per heavy atom. The second kappa shape index (κ2) is 7.11. The van der Waals surface area contributed by atoms with Crippen LogP contribution in [0.15, 0.2) is 48.5 Å². The number of anilines is 1. The summed E-state index contributed by atoms with van der Waals surface area (Å²) >= 11 is 6.13. The Kier molecular flexibility index (Phi) is 4.91. The van der Waals surface area contributed by atoms with Crippen LogP contribution in [-0.4, -0.2) is 15.7 Å². The number of benzene rings is 2. The molecule has 0 spiro atoms. The summed E-state index contributed by atoms with van der Waals surface area (Å²) in [5, 5.41) is 8.12. The van der Waals surface area contributed by atoms with E-state index in [4.69, 9.17) is 11.6 Å². The molecule has 1 N–H and O–H groups in total. The summed E-state index contributed by atoms with van der Waals surface area (Å²) in [5.41, 5.74) is 4.88. The number of nitrogens with zero attached hydrogens (tertiary/aromatic N) is 2. The predicted molar refractivity (Wildman–Crippen MR) is 101 cm³/mol. The maximum absolute atomic E-state index is 12.8. The lowest BCUT2D eigenvalue weighted by molar-refractivity contribution is 0.102. The highest BCUT2D eigenvalue weighted by molar-refractivity contribution is 6.31. The van der Waals surface area contributed by atoms with E-state index in [9.17, 15) is 4.79 Å². The Morgan fingerprint density at radius 3 is 2.52 bits per heavy atom. The molecule has 0 saturated carbocycles. The quantitative estimate of drug-likeness (QED) is 0.734. The Labute approximate surface area is 152 Å². The molecule has 3 aromatic rings. The Bertz CT molecular complexity index is 916. The second-order valence-electron chi connectivity index (χ2n) is 6.06. The topological polar surface area (TPSA) is 46.9 Å². The number of nitrogens with one attached hydrogen (secondary N) is 1. The zero-order valence-electron chi connectivity index (χ0n) is 14.5. The van der Waals surface area contributed by atoms with E-state index in [0.29, 0.717) is 28.5 Å². The highest BCUT2D eigenvalue weighted by Gasteiger charge is 2.19. The first kappa shape index (κ1) is 17.2. The van der Waals surface area contributed by atoms with Crippen LogP contribution in [0.5, 0.6) is 0 Å². The van der Waals surface area contributed by atoms with Gasteiger partial charge in [0.1, 0.15) is 0 Å². The number of carbonyl (C=O) groups excluding carboxylic acids is 1. The second-order valence-corrected chi connectivity index (χ2v) is 6.46. The van der Waals surface area contributed by atoms with Crippen molar-refractivity contribution in [1.82, 2.24) is 9.78 Å². The number of rotatable bonds is 4.